The van der Waals surface area contributed by atoms with Crippen molar-refractivity contribution in [3.8, 4) is 6.07 Å². The number of nitrogens with one attached hydrogen (secondary N) is 1. The molecule has 2 aromatic carbocycles. The van der Waals surface area contributed by atoms with Gasteiger partial charge in [-0.1, -0.05) is 12.1 Å². The molecule has 1 N–H and O–H groups in total. The molecule has 0 aliphatic carbocycles. The lowest BCUT2D eigenvalue weighted by atomic mass is 10.2. The fourth-order valence-corrected chi connectivity index (χ4v) is 1.82. The molecule has 0 unspecified atom stereocenters. The second kappa shape index (κ2) is 4.86. The Morgan fingerprint density at radius 3 is 2.60 bits per heavy atom. The highest BCUT2D eigenvalue weighted by Crippen LogP contribution is 2.16. The van der Waals surface area contributed by atoms with E-state index in [9.17, 15) is 4.79 Å². The summed E-state index contributed by atoms with van der Waals surface area (Å²) in [6.07, 6.45) is 0. The summed E-state index contributed by atoms with van der Waals surface area (Å²) in [5, 5.41) is 12.1. The minimum Gasteiger partial charge on any atom is -0.388 e. The van der Waals surface area contributed by atoms with Crippen LogP contribution in [0, 0.1) is 11.3 Å². The average Bonchev–Trinajstić information content (AvgIpc) is 2.48. The lowest BCUT2D eigenvalue weighted by molar-refractivity contribution is 0.522. The Balaban J connectivity index is 1.98. The van der Waals surface area contributed by atoms with Crippen LogP contribution in [0.5, 0.6) is 0 Å². The third-order valence-corrected chi connectivity index (χ3v) is 2.80. The number of benzene rings is 2. The quantitative estimate of drug-likeness (QED) is 0.769. The Morgan fingerprint density at radius 2 is 1.85 bits per heavy atom. The van der Waals surface area contributed by atoms with E-state index in [0.717, 1.165) is 0 Å². The number of para-hydroxylation sites is 1. The fourth-order valence-electron chi connectivity index (χ4n) is 1.82. The van der Waals surface area contributed by atoms with E-state index in [2.05, 4.69) is 10.3 Å². The van der Waals surface area contributed by atoms with Crippen LogP contribution in [0.3, 0.4) is 0 Å². The van der Waals surface area contributed by atoms with E-state index in [1.807, 2.05) is 6.07 Å². The van der Waals surface area contributed by atoms with Gasteiger partial charge in [0.1, 0.15) is 0 Å². The maximum Gasteiger partial charge on any atom is 0.348 e. The number of aromatic nitrogens is 1. The van der Waals surface area contributed by atoms with Crippen molar-refractivity contribution in [3.63, 3.8) is 0 Å². The topological polar surface area (TPSA) is 78.9 Å². The summed E-state index contributed by atoms with van der Waals surface area (Å²) in [5.74, 6) is 0. The summed E-state index contributed by atoms with van der Waals surface area (Å²) < 4.78 is 5.11. The van der Waals surface area contributed by atoms with Crippen molar-refractivity contribution in [3.05, 3.63) is 64.5 Å². The van der Waals surface area contributed by atoms with Crippen molar-refractivity contribution in [2.24, 2.45) is 0 Å². The van der Waals surface area contributed by atoms with Gasteiger partial charge in [0.15, 0.2) is 0 Å². The molecule has 96 valence electrons. The Kier molecular flexibility index (Phi) is 2.90. The van der Waals surface area contributed by atoms with Crippen LogP contribution in [-0.2, 0) is 0 Å². The molecule has 20 heavy (non-hydrogen) atoms. The van der Waals surface area contributed by atoms with Crippen molar-refractivity contribution in [2.75, 3.05) is 5.32 Å². The van der Waals surface area contributed by atoms with Crippen LogP contribution < -0.4 is 10.9 Å². The van der Waals surface area contributed by atoms with Gasteiger partial charge in [-0.05, 0) is 36.4 Å². The highest BCUT2D eigenvalue weighted by atomic mass is 16.4. The monoisotopic (exact) mass is 263 g/mol. The maximum absolute atomic E-state index is 11.8. The number of hydrogen-bond donors (Lipinski definition) is 1. The SMILES string of the molecule is N#Cc1ccc(Nc2nc3ccccc3c(=O)o2)cc1. The van der Waals surface area contributed by atoms with Crippen LogP contribution in [0.2, 0.25) is 0 Å². The van der Waals surface area contributed by atoms with Crippen LogP contribution in [-0.4, -0.2) is 4.98 Å². The van der Waals surface area contributed by atoms with Gasteiger partial charge in [0, 0.05) is 5.69 Å². The molecule has 3 rings (SSSR count). The van der Waals surface area contributed by atoms with Crippen molar-refractivity contribution in [1.29, 1.82) is 5.26 Å². The molecule has 1 aromatic heterocycles. The summed E-state index contributed by atoms with van der Waals surface area (Å²) in [5.41, 5.74) is 1.38. The molecule has 0 atom stereocenters. The van der Waals surface area contributed by atoms with E-state index in [1.54, 1.807) is 48.5 Å². The molecule has 0 saturated heterocycles. The number of anilines is 2. The van der Waals surface area contributed by atoms with E-state index < -0.39 is 5.63 Å². The third-order valence-electron chi connectivity index (χ3n) is 2.80. The summed E-state index contributed by atoms with van der Waals surface area (Å²) in [6.45, 7) is 0. The zero-order valence-corrected chi connectivity index (χ0v) is 10.3. The van der Waals surface area contributed by atoms with Crippen LogP contribution in [0.4, 0.5) is 11.7 Å². The molecule has 0 aliphatic heterocycles. The van der Waals surface area contributed by atoms with Crippen LogP contribution in [0.15, 0.2) is 57.7 Å². The van der Waals surface area contributed by atoms with Gasteiger partial charge in [0.05, 0.1) is 22.5 Å². The minimum atomic E-state index is -0.438. The minimum absolute atomic E-state index is 0.124. The number of nitriles is 1. The Hall–Kier alpha value is -3.13. The van der Waals surface area contributed by atoms with Gasteiger partial charge in [-0.25, -0.2) is 4.79 Å². The Labute approximate surface area is 114 Å². The zero-order chi connectivity index (χ0) is 13.9. The highest BCUT2D eigenvalue weighted by molar-refractivity contribution is 5.77. The zero-order valence-electron chi connectivity index (χ0n) is 10.3. The smallest absolute Gasteiger partial charge is 0.348 e. The molecule has 5 nitrogen and oxygen atoms in total. The van der Waals surface area contributed by atoms with Crippen molar-refractivity contribution in [2.45, 2.75) is 0 Å². The molecule has 3 aromatic rings. The molecule has 0 saturated carbocycles. The first-order chi connectivity index (χ1) is 9.76. The molecular weight excluding hydrogens is 254 g/mol. The summed E-state index contributed by atoms with van der Waals surface area (Å²) in [6, 6.07) is 15.9. The lowest BCUT2D eigenvalue weighted by Crippen LogP contribution is -2.04. The summed E-state index contributed by atoms with van der Waals surface area (Å²) in [4.78, 5) is 16.0. The molecule has 0 bridgehead atoms. The number of rotatable bonds is 2. The van der Waals surface area contributed by atoms with Gasteiger partial charge in [-0.2, -0.15) is 10.2 Å². The first-order valence-electron chi connectivity index (χ1n) is 5.93. The maximum atomic E-state index is 11.8. The van der Waals surface area contributed by atoms with Crippen LogP contribution in [0.1, 0.15) is 5.56 Å². The Morgan fingerprint density at radius 1 is 1.10 bits per heavy atom. The van der Waals surface area contributed by atoms with Crippen molar-refractivity contribution < 1.29 is 4.42 Å². The predicted molar refractivity (Wildman–Crippen MR) is 74.7 cm³/mol. The lowest BCUT2D eigenvalue weighted by Gasteiger charge is -2.04. The van der Waals surface area contributed by atoms with Gasteiger partial charge in [0.25, 0.3) is 0 Å². The molecular formula is C15H9N3O2. The van der Waals surface area contributed by atoms with Crippen LogP contribution in [0.25, 0.3) is 10.9 Å². The van der Waals surface area contributed by atoms with Gasteiger partial charge in [0.2, 0.25) is 0 Å². The highest BCUT2D eigenvalue weighted by Gasteiger charge is 2.05. The molecule has 0 fully saturated rings. The van der Waals surface area contributed by atoms with Crippen molar-refractivity contribution >= 4 is 22.6 Å². The molecule has 5 heteroatoms. The third kappa shape index (κ3) is 2.22. The second-order valence-corrected chi connectivity index (χ2v) is 4.14. The summed E-state index contributed by atoms with van der Waals surface area (Å²) in [7, 11) is 0. The summed E-state index contributed by atoms with van der Waals surface area (Å²) >= 11 is 0. The predicted octanol–water partition coefficient (Wildman–Crippen LogP) is 2.80. The largest absolute Gasteiger partial charge is 0.388 e. The first kappa shape index (κ1) is 11.9. The van der Waals surface area contributed by atoms with Gasteiger partial charge in [-0.15, -0.1) is 0 Å². The van der Waals surface area contributed by atoms with Gasteiger partial charge in [-0.3, -0.25) is 0 Å². The fraction of sp³-hybridized carbons (Fsp3) is 0. The van der Waals surface area contributed by atoms with Crippen molar-refractivity contribution in [1.82, 2.24) is 4.98 Å². The van der Waals surface area contributed by atoms with E-state index >= 15 is 0 Å². The van der Waals surface area contributed by atoms with E-state index in [1.165, 1.54) is 0 Å². The van der Waals surface area contributed by atoms with E-state index in [4.69, 9.17) is 9.68 Å². The average molecular weight is 263 g/mol. The Bertz CT molecular complexity index is 861. The number of fused-ring (bicyclic) bond motifs is 1. The second-order valence-electron chi connectivity index (χ2n) is 4.14. The van der Waals surface area contributed by atoms with E-state index in [-0.39, 0.29) is 6.01 Å². The van der Waals surface area contributed by atoms with Gasteiger partial charge >= 0.3 is 11.6 Å². The first-order valence-corrected chi connectivity index (χ1v) is 5.93. The van der Waals surface area contributed by atoms with E-state index in [0.29, 0.717) is 22.2 Å². The number of hydrogen-bond acceptors (Lipinski definition) is 5. The van der Waals surface area contributed by atoms with Gasteiger partial charge < -0.3 is 9.73 Å². The standard InChI is InChI=1S/C15H9N3O2/c16-9-10-5-7-11(8-6-10)17-15-18-13-4-2-1-3-12(13)14(19)20-15/h1-8H,(H,17,18). The molecule has 0 amide bonds. The molecule has 1 heterocycles. The number of nitrogens with zero attached hydrogens (tertiary/aromatic N) is 2. The van der Waals surface area contributed by atoms with Crippen LogP contribution >= 0.6 is 0 Å². The molecule has 0 radical (unpaired) electrons. The normalized spacial score (nSPS) is 10.2. The molecule has 0 aliphatic rings. The molecule has 0 spiro atoms.